The third-order valence-corrected chi connectivity index (χ3v) is 4.10. The quantitative estimate of drug-likeness (QED) is 0.806. The van der Waals surface area contributed by atoms with Gasteiger partial charge in [0.15, 0.2) is 5.82 Å². The fraction of sp³-hybridized carbons (Fsp3) is 0.333. The molecule has 0 unspecified atom stereocenters. The van der Waals surface area contributed by atoms with Crippen LogP contribution in [0.25, 0.3) is 11.5 Å². The minimum absolute atomic E-state index is 0.696. The Morgan fingerprint density at radius 2 is 2.10 bits per heavy atom. The van der Waals surface area contributed by atoms with Gasteiger partial charge in [-0.25, -0.2) is 9.67 Å². The van der Waals surface area contributed by atoms with Gasteiger partial charge in [0.2, 0.25) is 0 Å². The Balaban J connectivity index is 2.23. The second-order valence-electron chi connectivity index (χ2n) is 4.99. The van der Waals surface area contributed by atoms with Crippen LogP contribution in [0.15, 0.2) is 24.4 Å². The summed E-state index contributed by atoms with van der Waals surface area (Å²) in [5.41, 5.74) is 3.72. The number of pyridine rings is 1. The van der Waals surface area contributed by atoms with Gasteiger partial charge in [-0.05, 0) is 32.5 Å². The highest BCUT2D eigenvalue weighted by molar-refractivity contribution is 6.31. The van der Waals surface area contributed by atoms with Crippen LogP contribution in [-0.4, -0.2) is 25.7 Å². The van der Waals surface area contributed by atoms with Crippen molar-refractivity contribution in [1.29, 1.82) is 0 Å². The second kappa shape index (κ2) is 5.50. The average Bonchev–Trinajstić information content (AvgIpc) is 2.98. The molecule has 0 aliphatic carbocycles. The lowest BCUT2D eigenvalue weighted by atomic mass is 10.3. The van der Waals surface area contributed by atoms with E-state index in [1.165, 1.54) is 0 Å². The van der Waals surface area contributed by atoms with Crippen molar-refractivity contribution >= 4 is 17.2 Å². The van der Waals surface area contributed by atoms with Gasteiger partial charge in [-0.15, -0.1) is 0 Å². The summed E-state index contributed by atoms with van der Waals surface area (Å²) in [6, 6.07) is 5.98. The zero-order valence-corrected chi connectivity index (χ0v) is 13.1. The SMILES string of the molecule is CCNCc1c(-n2nc(C)c(Cl)c2C)nc2ccccn12. The molecule has 3 aromatic heterocycles. The van der Waals surface area contributed by atoms with Gasteiger partial charge in [-0.1, -0.05) is 24.6 Å². The number of hydrogen-bond acceptors (Lipinski definition) is 3. The van der Waals surface area contributed by atoms with E-state index in [4.69, 9.17) is 16.6 Å². The lowest BCUT2D eigenvalue weighted by Crippen LogP contribution is -2.16. The Bertz CT molecular complexity index is 787. The smallest absolute Gasteiger partial charge is 0.177 e. The van der Waals surface area contributed by atoms with Crippen molar-refractivity contribution in [2.75, 3.05) is 6.54 Å². The summed E-state index contributed by atoms with van der Waals surface area (Å²) in [6.45, 7) is 7.59. The van der Waals surface area contributed by atoms with Crippen LogP contribution >= 0.6 is 11.6 Å². The third-order valence-electron chi connectivity index (χ3n) is 3.55. The molecule has 3 aromatic rings. The molecule has 1 N–H and O–H groups in total. The molecule has 21 heavy (non-hydrogen) atoms. The van der Waals surface area contributed by atoms with Crippen LogP contribution < -0.4 is 5.32 Å². The molecule has 0 amide bonds. The molecular formula is C15H18ClN5. The predicted molar refractivity (Wildman–Crippen MR) is 84.2 cm³/mol. The largest absolute Gasteiger partial charge is 0.311 e. The zero-order chi connectivity index (χ0) is 15.0. The maximum absolute atomic E-state index is 6.27. The molecule has 0 saturated heterocycles. The topological polar surface area (TPSA) is 47.2 Å². The molecular weight excluding hydrogens is 286 g/mol. The van der Waals surface area contributed by atoms with E-state index in [0.717, 1.165) is 41.6 Å². The lowest BCUT2D eigenvalue weighted by Gasteiger charge is -2.07. The van der Waals surface area contributed by atoms with E-state index in [1.54, 1.807) is 0 Å². The highest BCUT2D eigenvalue weighted by Gasteiger charge is 2.18. The standard InChI is InChI=1S/C15H18ClN5/c1-4-17-9-12-15(18-13-7-5-6-8-20(12)13)21-11(3)14(16)10(2)19-21/h5-8,17H,4,9H2,1-3H3. The van der Waals surface area contributed by atoms with Crippen molar-refractivity contribution in [1.82, 2.24) is 24.5 Å². The Morgan fingerprint density at radius 1 is 1.29 bits per heavy atom. The number of aromatic nitrogens is 4. The van der Waals surface area contributed by atoms with Gasteiger partial charge in [0.25, 0.3) is 0 Å². The van der Waals surface area contributed by atoms with Crippen LogP contribution in [0.2, 0.25) is 5.02 Å². The normalized spacial score (nSPS) is 11.4. The Hall–Kier alpha value is -1.85. The summed E-state index contributed by atoms with van der Waals surface area (Å²) in [6.07, 6.45) is 2.02. The van der Waals surface area contributed by atoms with Crippen molar-refractivity contribution in [2.24, 2.45) is 0 Å². The van der Waals surface area contributed by atoms with E-state index in [9.17, 15) is 0 Å². The summed E-state index contributed by atoms with van der Waals surface area (Å²) in [5.74, 6) is 0.828. The van der Waals surface area contributed by atoms with Crippen LogP contribution in [-0.2, 0) is 6.54 Å². The van der Waals surface area contributed by atoms with E-state index < -0.39 is 0 Å². The summed E-state index contributed by atoms with van der Waals surface area (Å²) < 4.78 is 3.92. The maximum atomic E-state index is 6.27. The Morgan fingerprint density at radius 3 is 2.76 bits per heavy atom. The number of imidazole rings is 1. The first-order valence-corrected chi connectivity index (χ1v) is 7.40. The number of aryl methyl sites for hydroxylation is 1. The van der Waals surface area contributed by atoms with Crippen LogP contribution in [0.5, 0.6) is 0 Å². The molecule has 0 aliphatic heterocycles. The Labute approximate surface area is 128 Å². The van der Waals surface area contributed by atoms with Crippen molar-refractivity contribution < 1.29 is 0 Å². The molecule has 5 nitrogen and oxygen atoms in total. The van der Waals surface area contributed by atoms with Crippen molar-refractivity contribution in [3.05, 3.63) is 46.5 Å². The molecule has 0 bridgehead atoms. The maximum Gasteiger partial charge on any atom is 0.177 e. The number of hydrogen-bond donors (Lipinski definition) is 1. The summed E-state index contributed by atoms with van der Waals surface area (Å²) in [4.78, 5) is 4.72. The number of nitrogens with zero attached hydrogens (tertiary/aromatic N) is 4. The molecule has 6 heteroatoms. The van der Waals surface area contributed by atoms with Gasteiger partial charge >= 0.3 is 0 Å². The molecule has 3 rings (SSSR count). The Kier molecular flexibility index (Phi) is 3.69. The lowest BCUT2D eigenvalue weighted by molar-refractivity contribution is 0.691. The third kappa shape index (κ3) is 2.32. The van der Waals surface area contributed by atoms with Gasteiger partial charge in [0.1, 0.15) is 5.65 Å². The molecule has 0 spiro atoms. The van der Waals surface area contributed by atoms with Gasteiger partial charge in [0.05, 0.1) is 22.1 Å². The average molecular weight is 304 g/mol. The number of nitrogens with one attached hydrogen (secondary N) is 1. The van der Waals surface area contributed by atoms with E-state index in [-0.39, 0.29) is 0 Å². The van der Waals surface area contributed by atoms with Gasteiger partial charge < -0.3 is 9.72 Å². The highest BCUT2D eigenvalue weighted by Crippen LogP contribution is 2.24. The van der Waals surface area contributed by atoms with Crippen LogP contribution in [0.1, 0.15) is 24.0 Å². The molecule has 0 atom stereocenters. The van der Waals surface area contributed by atoms with E-state index in [0.29, 0.717) is 5.02 Å². The fourth-order valence-electron chi connectivity index (χ4n) is 2.44. The highest BCUT2D eigenvalue weighted by atomic mass is 35.5. The molecule has 0 radical (unpaired) electrons. The van der Waals surface area contributed by atoms with Crippen LogP contribution in [0.4, 0.5) is 0 Å². The molecule has 0 aliphatic rings. The summed E-state index contributed by atoms with van der Waals surface area (Å²) >= 11 is 6.27. The van der Waals surface area contributed by atoms with Gasteiger partial charge in [-0.3, -0.25) is 0 Å². The van der Waals surface area contributed by atoms with E-state index in [2.05, 4.69) is 21.7 Å². The summed E-state index contributed by atoms with van der Waals surface area (Å²) in [5, 5.41) is 8.58. The summed E-state index contributed by atoms with van der Waals surface area (Å²) in [7, 11) is 0. The first-order chi connectivity index (χ1) is 10.1. The van der Waals surface area contributed by atoms with Gasteiger partial charge in [0, 0.05) is 12.7 Å². The van der Waals surface area contributed by atoms with Crippen LogP contribution in [0, 0.1) is 13.8 Å². The fourth-order valence-corrected chi connectivity index (χ4v) is 2.56. The van der Waals surface area contributed by atoms with E-state index >= 15 is 0 Å². The molecule has 0 saturated carbocycles. The molecule has 0 fully saturated rings. The molecule has 3 heterocycles. The van der Waals surface area contributed by atoms with Crippen molar-refractivity contribution in [2.45, 2.75) is 27.3 Å². The van der Waals surface area contributed by atoms with Gasteiger partial charge in [-0.2, -0.15) is 5.10 Å². The minimum atomic E-state index is 0.696. The first-order valence-electron chi connectivity index (χ1n) is 7.02. The second-order valence-corrected chi connectivity index (χ2v) is 5.37. The molecule has 110 valence electrons. The first kappa shape index (κ1) is 14.1. The number of halogens is 1. The minimum Gasteiger partial charge on any atom is -0.311 e. The monoisotopic (exact) mass is 303 g/mol. The zero-order valence-electron chi connectivity index (χ0n) is 12.4. The number of rotatable bonds is 4. The van der Waals surface area contributed by atoms with E-state index in [1.807, 2.05) is 42.9 Å². The van der Waals surface area contributed by atoms with Crippen LogP contribution in [0.3, 0.4) is 0 Å². The predicted octanol–water partition coefficient (Wildman–Crippen LogP) is 2.90. The molecule has 0 aromatic carbocycles. The number of fused-ring (bicyclic) bond motifs is 1. The van der Waals surface area contributed by atoms with Crippen molar-refractivity contribution in [3.63, 3.8) is 0 Å². The van der Waals surface area contributed by atoms with Crippen molar-refractivity contribution in [3.8, 4) is 5.82 Å².